The molecule has 2 aliphatic heterocycles. The van der Waals surface area contributed by atoms with E-state index >= 15 is 0 Å². The first kappa shape index (κ1) is 9.04. The molecule has 0 aliphatic carbocycles. The molecule has 0 saturated heterocycles. The number of nitrogens with one attached hydrogen (secondary N) is 2. The Bertz CT molecular complexity index is 472. The molecule has 1 aromatic rings. The van der Waals surface area contributed by atoms with E-state index in [1.165, 1.54) is 0 Å². The average Bonchev–Trinajstić information content (AvgIpc) is 2.49. The Morgan fingerprint density at radius 1 is 1.47 bits per heavy atom. The molecular formula is C11H11ClN2O. The molecule has 0 spiro atoms. The van der Waals surface area contributed by atoms with Crippen LogP contribution in [0.2, 0.25) is 5.02 Å². The van der Waals surface area contributed by atoms with Crippen LogP contribution in [0.25, 0.3) is 0 Å². The molecule has 1 unspecified atom stereocenters. The minimum absolute atomic E-state index is 0.0488. The van der Waals surface area contributed by atoms with Gasteiger partial charge in [-0.05, 0) is 12.1 Å². The molecule has 0 radical (unpaired) electrons. The van der Waals surface area contributed by atoms with Gasteiger partial charge in [-0.15, -0.1) is 0 Å². The highest BCUT2D eigenvalue weighted by Gasteiger charge is 2.42. The maximum atomic E-state index is 11.6. The highest BCUT2D eigenvalue weighted by atomic mass is 35.5. The maximum Gasteiger partial charge on any atom is 0.225 e. The number of hydrogen-bond acceptors (Lipinski definition) is 2. The van der Waals surface area contributed by atoms with Gasteiger partial charge in [0.1, 0.15) is 0 Å². The van der Waals surface area contributed by atoms with Gasteiger partial charge >= 0.3 is 0 Å². The first-order chi connectivity index (χ1) is 7.10. The smallest absolute Gasteiger partial charge is 0.225 e. The summed E-state index contributed by atoms with van der Waals surface area (Å²) in [5.74, 6) is 0.0488. The summed E-state index contributed by atoms with van der Waals surface area (Å²) >= 11 is 6.09. The molecule has 3 nitrogen and oxygen atoms in total. The Balaban J connectivity index is 2.31. The zero-order valence-electron chi connectivity index (χ0n) is 8.36. The predicted octanol–water partition coefficient (Wildman–Crippen LogP) is 2.37. The van der Waals surface area contributed by atoms with Crippen molar-refractivity contribution >= 4 is 28.9 Å². The lowest BCUT2D eigenvalue weighted by Crippen LogP contribution is -2.35. The van der Waals surface area contributed by atoms with Crippen LogP contribution in [0.4, 0.5) is 11.4 Å². The molecule has 4 heteroatoms. The van der Waals surface area contributed by atoms with Crippen molar-refractivity contribution in [1.82, 2.24) is 0 Å². The summed E-state index contributed by atoms with van der Waals surface area (Å²) in [4.78, 5) is 11.6. The van der Waals surface area contributed by atoms with Gasteiger partial charge in [0.15, 0.2) is 0 Å². The molecule has 0 saturated carbocycles. The van der Waals surface area contributed by atoms with Crippen LogP contribution in [0.15, 0.2) is 12.1 Å². The first-order valence-corrected chi connectivity index (χ1v) is 5.35. The lowest BCUT2D eigenvalue weighted by atomic mass is 9.78. The minimum atomic E-state index is -0.0993. The van der Waals surface area contributed by atoms with Gasteiger partial charge in [0.05, 0.1) is 10.7 Å². The molecule has 0 bridgehead atoms. The molecule has 1 aromatic carbocycles. The summed E-state index contributed by atoms with van der Waals surface area (Å²) in [6.07, 6.45) is 0.528. The van der Waals surface area contributed by atoms with Crippen molar-refractivity contribution in [2.75, 3.05) is 17.2 Å². The SMILES string of the molecule is CC12CNc3ccc(Cl)c(c31)NC(=O)C2. The summed E-state index contributed by atoms with van der Waals surface area (Å²) in [6, 6.07) is 3.80. The van der Waals surface area contributed by atoms with Gasteiger partial charge in [-0.25, -0.2) is 0 Å². The van der Waals surface area contributed by atoms with Crippen LogP contribution in [-0.4, -0.2) is 12.5 Å². The van der Waals surface area contributed by atoms with Crippen LogP contribution in [0.1, 0.15) is 18.9 Å². The quantitative estimate of drug-likeness (QED) is 0.708. The molecule has 0 fully saturated rings. The predicted molar refractivity (Wildman–Crippen MR) is 60.5 cm³/mol. The summed E-state index contributed by atoms with van der Waals surface area (Å²) < 4.78 is 0. The Morgan fingerprint density at radius 3 is 3.07 bits per heavy atom. The summed E-state index contributed by atoms with van der Waals surface area (Å²) in [6.45, 7) is 2.91. The zero-order valence-corrected chi connectivity index (χ0v) is 9.11. The van der Waals surface area contributed by atoms with E-state index in [1.807, 2.05) is 12.1 Å². The number of rotatable bonds is 0. The number of halogens is 1. The molecule has 15 heavy (non-hydrogen) atoms. The third kappa shape index (κ3) is 1.10. The fourth-order valence-electron chi connectivity index (χ4n) is 2.54. The van der Waals surface area contributed by atoms with E-state index in [2.05, 4.69) is 17.6 Å². The first-order valence-electron chi connectivity index (χ1n) is 4.97. The van der Waals surface area contributed by atoms with E-state index in [4.69, 9.17) is 11.6 Å². The third-order valence-electron chi connectivity index (χ3n) is 3.24. The van der Waals surface area contributed by atoms with Gasteiger partial charge in [0, 0.05) is 29.6 Å². The molecule has 1 amide bonds. The van der Waals surface area contributed by atoms with Gasteiger partial charge in [0.25, 0.3) is 0 Å². The molecule has 3 rings (SSSR count). The van der Waals surface area contributed by atoms with E-state index in [0.29, 0.717) is 11.4 Å². The van der Waals surface area contributed by atoms with Crippen LogP contribution in [0.3, 0.4) is 0 Å². The summed E-state index contributed by atoms with van der Waals surface area (Å²) in [7, 11) is 0. The number of carbonyl (C=O) groups is 1. The number of hydrogen-bond donors (Lipinski definition) is 2. The Morgan fingerprint density at radius 2 is 2.27 bits per heavy atom. The highest BCUT2D eigenvalue weighted by Crippen LogP contribution is 2.48. The monoisotopic (exact) mass is 222 g/mol. The van der Waals surface area contributed by atoms with Gasteiger partial charge in [-0.3, -0.25) is 4.79 Å². The Kier molecular flexibility index (Phi) is 1.61. The van der Waals surface area contributed by atoms with Crippen LogP contribution in [-0.2, 0) is 10.2 Å². The Hall–Kier alpha value is -1.22. The average molecular weight is 223 g/mol. The van der Waals surface area contributed by atoms with Crippen LogP contribution in [0.5, 0.6) is 0 Å². The second-order valence-electron chi connectivity index (χ2n) is 4.48. The van der Waals surface area contributed by atoms with Crippen LogP contribution >= 0.6 is 11.6 Å². The van der Waals surface area contributed by atoms with Crippen molar-refractivity contribution in [3.05, 3.63) is 22.7 Å². The zero-order chi connectivity index (χ0) is 10.6. The second kappa shape index (κ2) is 2.67. The van der Waals surface area contributed by atoms with Crippen molar-refractivity contribution in [3.63, 3.8) is 0 Å². The lowest BCUT2D eigenvalue weighted by Gasteiger charge is -2.30. The van der Waals surface area contributed by atoms with Gasteiger partial charge < -0.3 is 10.6 Å². The van der Waals surface area contributed by atoms with E-state index in [0.717, 1.165) is 23.5 Å². The van der Waals surface area contributed by atoms with E-state index < -0.39 is 0 Å². The van der Waals surface area contributed by atoms with Crippen molar-refractivity contribution in [2.45, 2.75) is 18.8 Å². The van der Waals surface area contributed by atoms with E-state index in [9.17, 15) is 4.79 Å². The topological polar surface area (TPSA) is 41.1 Å². The van der Waals surface area contributed by atoms with E-state index in [1.54, 1.807) is 0 Å². The van der Waals surface area contributed by atoms with Gasteiger partial charge in [-0.1, -0.05) is 18.5 Å². The number of amides is 1. The van der Waals surface area contributed by atoms with Crippen molar-refractivity contribution in [1.29, 1.82) is 0 Å². The van der Waals surface area contributed by atoms with Gasteiger partial charge in [0.2, 0.25) is 5.91 Å². The molecular weight excluding hydrogens is 212 g/mol. The van der Waals surface area contributed by atoms with Crippen molar-refractivity contribution < 1.29 is 4.79 Å². The number of anilines is 2. The minimum Gasteiger partial charge on any atom is -0.384 e. The fraction of sp³-hybridized carbons (Fsp3) is 0.364. The lowest BCUT2D eigenvalue weighted by molar-refractivity contribution is -0.117. The fourth-order valence-corrected chi connectivity index (χ4v) is 2.75. The molecule has 0 aromatic heterocycles. The molecule has 2 heterocycles. The summed E-state index contributed by atoms with van der Waals surface area (Å²) in [5.41, 5.74) is 2.95. The standard InChI is InChI=1S/C11H11ClN2O/c1-11-4-8(15)14-10-6(12)2-3-7(9(10)11)13-5-11/h2-3,13H,4-5H2,1H3,(H,14,15). The summed E-state index contributed by atoms with van der Waals surface area (Å²) in [5, 5.41) is 6.80. The van der Waals surface area contributed by atoms with Crippen LogP contribution in [0, 0.1) is 0 Å². The van der Waals surface area contributed by atoms with Crippen molar-refractivity contribution in [2.24, 2.45) is 0 Å². The Labute approximate surface area is 92.8 Å². The van der Waals surface area contributed by atoms with Gasteiger partial charge in [-0.2, -0.15) is 0 Å². The molecule has 1 atom stereocenters. The highest BCUT2D eigenvalue weighted by molar-refractivity contribution is 6.34. The maximum absolute atomic E-state index is 11.6. The molecule has 2 aliphatic rings. The largest absolute Gasteiger partial charge is 0.384 e. The number of benzene rings is 1. The third-order valence-corrected chi connectivity index (χ3v) is 3.56. The van der Waals surface area contributed by atoms with E-state index in [-0.39, 0.29) is 11.3 Å². The normalized spacial score (nSPS) is 26.9. The molecule has 2 N–H and O–H groups in total. The molecule has 78 valence electrons. The second-order valence-corrected chi connectivity index (χ2v) is 4.89. The van der Waals surface area contributed by atoms with Crippen molar-refractivity contribution in [3.8, 4) is 0 Å². The van der Waals surface area contributed by atoms with Crippen LogP contribution < -0.4 is 10.6 Å². The number of carbonyl (C=O) groups excluding carboxylic acids is 1.